The van der Waals surface area contributed by atoms with Gasteiger partial charge in [-0.25, -0.2) is 0 Å². The van der Waals surface area contributed by atoms with Gasteiger partial charge in [-0.15, -0.1) is 23.2 Å². The molecule has 1 heterocycles. The highest BCUT2D eigenvalue weighted by Crippen LogP contribution is 2.31. The molecule has 0 fully saturated rings. The zero-order valence-corrected chi connectivity index (χ0v) is 9.62. The van der Waals surface area contributed by atoms with Crippen molar-refractivity contribution in [3.8, 4) is 0 Å². The van der Waals surface area contributed by atoms with Crippen LogP contribution in [0.25, 0.3) is 0 Å². The van der Waals surface area contributed by atoms with Crippen molar-refractivity contribution in [1.29, 1.82) is 0 Å². The van der Waals surface area contributed by atoms with Gasteiger partial charge in [0.05, 0.1) is 5.56 Å². The fourth-order valence-electron chi connectivity index (χ4n) is 1.43. The van der Waals surface area contributed by atoms with Crippen molar-refractivity contribution in [2.24, 2.45) is 0 Å². The molecule has 0 unspecified atom stereocenters. The number of halogens is 3. The molecule has 0 aliphatic carbocycles. The second-order valence-corrected chi connectivity index (χ2v) is 4.36. The first-order chi connectivity index (χ1) is 6.61. The van der Waals surface area contributed by atoms with E-state index in [1.165, 1.54) is 0 Å². The third-order valence-corrected chi connectivity index (χ3v) is 2.82. The summed E-state index contributed by atoms with van der Waals surface area (Å²) in [5.41, 5.74) is 1.80. The predicted octanol–water partition coefficient (Wildman–Crippen LogP) is 2.73. The Bertz CT molecular complexity index is 436. The summed E-state index contributed by atoms with van der Waals surface area (Å²) >= 11 is 16.5. The molecule has 1 N–H and O–H groups in total. The molecule has 0 saturated heterocycles. The van der Waals surface area contributed by atoms with E-state index in [-0.39, 0.29) is 10.6 Å². The Hall–Kier alpha value is -0.710. The van der Waals surface area contributed by atoms with Gasteiger partial charge in [-0.05, 0) is 5.56 Å². The van der Waals surface area contributed by atoms with E-state index in [0.717, 1.165) is 0 Å². The number of alkyl halides is 2. The minimum absolute atomic E-state index is 0. The Morgan fingerprint density at radius 2 is 2.00 bits per heavy atom. The molecule has 2 nitrogen and oxygen atoms in total. The maximum atomic E-state index is 11.5. The molecule has 0 atom stereocenters. The molecule has 2 rings (SSSR count). The molecule has 15 heavy (non-hydrogen) atoms. The average molecular weight is 266 g/mol. The fraction of sp³-hybridized carbons (Fsp3) is 0.111. The summed E-state index contributed by atoms with van der Waals surface area (Å²) < 4.78 is 0. The van der Waals surface area contributed by atoms with Crippen LogP contribution in [0.2, 0.25) is 0 Å². The minimum atomic E-state index is -0.711. The fourth-order valence-corrected chi connectivity index (χ4v) is 2.05. The minimum Gasteiger partial charge on any atom is -0.312 e. The molecule has 0 aromatic heterocycles. The smallest absolute Gasteiger partial charge is 0.257 e. The first-order valence-corrected chi connectivity index (χ1v) is 5.16. The van der Waals surface area contributed by atoms with E-state index in [0.29, 0.717) is 21.7 Å². The molecule has 0 spiro atoms. The molecule has 1 aliphatic rings. The van der Waals surface area contributed by atoms with E-state index in [1.54, 1.807) is 18.2 Å². The maximum absolute atomic E-state index is 11.5. The Labute approximate surface area is 101 Å². The van der Waals surface area contributed by atoms with Gasteiger partial charge in [0, 0.05) is 5.56 Å². The number of nitrogens with one attached hydrogen (secondary N) is 1. The van der Waals surface area contributed by atoms with Crippen LogP contribution in [-0.4, -0.2) is 10.9 Å². The van der Waals surface area contributed by atoms with Gasteiger partial charge in [0.25, 0.3) is 5.91 Å². The third kappa shape index (κ3) is 1.97. The van der Waals surface area contributed by atoms with Crippen molar-refractivity contribution in [2.75, 3.05) is 0 Å². The standard InChI is InChI=1S/C9H5Cl2NOS.FH/c10-7(11)4-2-1-3-5-6(4)8(13)12-9(5)14;/h1-3,7H,(H,12,13,14);1H. The number of benzene rings is 1. The van der Waals surface area contributed by atoms with Crippen LogP contribution >= 0.6 is 35.4 Å². The number of carbonyl (C=O) groups excluding carboxylic acids is 1. The van der Waals surface area contributed by atoms with Gasteiger partial charge >= 0.3 is 0 Å². The maximum Gasteiger partial charge on any atom is 0.257 e. The number of fused-ring (bicyclic) bond motifs is 1. The van der Waals surface area contributed by atoms with Gasteiger partial charge in [0.2, 0.25) is 0 Å². The summed E-state index contributed by atoms with van der Waals surface area (Å²) in [5.74, 6) is -0.230. The Kier molecular flexibility index (Phi) is 3.65. The lowest BCUT2D eigenvalue weighted by atomic mass is 10.0. The van der Waals surface area contributed by atoms with Crippen molar-refractivity contribution < 1.29 is 9.50 Å². The van der Waals surface area contributed by atoms with Gasteiger partial charge < -0.3 is 5.32 Å². The Morgan fingerprint density at radius 1 is 1.33 bits per heavy atom. The van der Waals surface area contributed by atoms with Crippen LogP contribution in [0.4, 0.5) is 4.70 Å². The highest BCUT2D eigenvalue weighted by atomic mass is 35.5. The van der Waals surface area contributed by atoms with Gasteiger partial charge in [-0.1, -0.05) is 30.4 Å². The topological polar surface area (TPSA) is 29.1 Å². The molecule has 1 aliphatic heterocycles. The summed E-state index contributed by atoms with van der Waals surface area (Å²) in [6, 6.07) is 5.27. The lowest BCUT2D eigenvalue weighted by Crippen LogP contribution is -2.19. The SMILES string of the molecule is F.O=C1NC(=S)c2cccc(C(Cl)Cl)c21. The Morgan fingerprint density at radius 3 is 2.60 bits per heavy atom. The largest absolute Gasteiger partial charge is 0.312 e. The number of rotatable bonds is 1. The van der Waals surface area contributed by atoms with E-state index in [1.807, 2.05) is 0 Å². The quantitative estimate of drug-likeness (QED) is 0.625. The van der Waals surface area contributed by atoms with Crippen molar-refractivity contribution in [3.63, 3.8) is 0 Å². The summed E-state index contributed by atoms with van der Waals surface area (Å²) in [7, 11) is 0. The normalized spacial score (nSPS) is 13.5. The van der Waals surface area contributed by atoms with E-state index >= 15 is 0 Å². The first kappa shape index (κ1) is 12.4. The number of amides is 1. The Balaban J connectivity index is 0.00000112. The number of hydrogen-bond donors (Lipinski definition) is 1. The van der Waals surface area contributed by atoms with Crippen LogP contribution in [0.1, 0.15) is 26.3 Å². The van der Waals surface area contributed by atoms with E-state index in [4.69, 9.17) is 35.4 Å². The molecule has 1 aromatic rings. The van der Waals surface area contributed by atoms with Crippen molar-refractivity contribution in [2.45, 2.75) is 4.84 Å². The van der Waals surface area contributed by atoms with Crippen molar-refractivity contribution >= 4 is 46.3 Å². The van der Waals surface area contributed by atoms with Crippen LogP contribution in [0, 0.1) is 0 Å². The van der Waals surface area contributed by atoms with E-state index in [9.17, 15) is 4.79 Å². The second kappa shape index (κ2) is 4.43. The van der Waals surface area contributed by atoms with Gasteiger partial charge in [-0.2, -0.15) is 0 Å². The molecular weight excluding hydrogens is 260 g/mol. The molecule has 0 radical (unpaired) electrons. The third-order valence-electron chi connectivity index (χ3n) is 2.03. The van der Waals surface area contributed by atoms with E-state index in [2.05, 4.69) is 5.32 Å². The van der Waals surface area contributed by atoms with Crippen LogP contribution in [0.5, 0.6) is 0 Å². The van der Waals surface area contributed by atoms with Crippen molar-refractivity contribution in [1.82, 2.24) is 5.32 Å². The van der Waals surface area contributed by atoms with E-state index < -0.39 is 4.84 Å². The van der Waals surface area contributed by atoms with Crippen LogP contribution in [0.15, 0.2) is 18.2 Å². The van der Waals surface area contributed by atoms with Crippen LogP contribution in [-0.2, 0) is 0 Å². The van der Waals surface area contributed by atoms with Crippen LogP contribution < -0.4 is 5.32 Å². The second-order valence-electron chi connectivity index (χ2n) is 2.85. The summed E-state index contributed by atoms with van der Waals surface area (Å²) in [6.07, 6.45) is 0. The zero-order valence-electron chi connectivity index (χ0n) is 7.29. The first-order valence-electron chi connectivity index (χ1n) is 3.88. The zero-order chi connectivity index (χ0) is 10.3. The van der Waals surface area contributed by atoms with Gasteiger partial charge in [-0.3, -0.25) is 9.50 Å². The summed E-state index contributed by atoms with van der Waals surface area (Å²) in [4.78, 5) is 11.2. The highest BCUT2D eigenvalue weighted by Gasteiger charge is 2.28. The van der Waals surface area contributed by atoms with Crippen molar-refractivity contribution in [3.05, 3.63) is 34.9 Å². The lowest BCUT2D eigenvalue weighted by Gasteiger charge is -2.05. The molecule has 0 bridgehead atoms. The average Bonchev–Trinajstić information content (AvgIpc) is 2.43. The number of carbonyl (C=O) groups is 1. The van der Waals surface area contributed by atoms with Gasteiger partial charge in [0.1, 0.15) is 9.82 Å². The molecule has 6 heteroatoms. The molecule has 0 saturated carbocycles. The number of hydrogen-bond acceptors (Lipinski definition) is 2. The van der Waals surface area contributed by atoms with Crippen LogP contribution in [0.3, 0.4) is 0 Å². The summed E-state index contributed by atoms with van der Waals surface area (Å²) in [5, 5.41) is 2.55. The lowest BCUT2D eigenvalue weighted by molar-refractivity contribution is 0.0983. The molecule has 80 valence electrons. The molecule has 1 aromatic carbocycles. The monoisotopic (exact) mass is 265 g/mol. The summed E-state index contributed by atoms with van der Waals surface area (Å²) in [6.45, 7) is 0. The van der Waals surface area contributed by atoms with Gasteiger partial charge in [0.15, 0.2) is 0 Å². The highest BCUT2D eigenvalue weighted by molar-refractivity contribution is 7.80. The molecular formula is C9H6Cl2FNOS. The predicted molar refractivity (Wildman–Crippen MR) is 62.6 cm³/mol. The molecule has 1 amide bonds. The number of thiocarbonyl (C=S) groups is 1.